The SMILES string of the molecule is CCCNC(=O)C(CCC)Sc1nc(CC)cc(=O)n1C. The number of hydrogen-bond acceptors (Lipinski definition) is 4. The first-order chi connectivity index (χ1) is 10.0. The molecule has 1 rings (SSSR count). The lowest BCUT2D eigenvalue weighted by molar-refractivity contribution is -0.120. The zero-order valence-corrected chi connectivity index (χ0v) is 14.1. The Morgan fingerprint density at radius 1 is 1.38 bits per heavy atom. The molecule has 1 amide bonds. The van der Waals surface area contributed by atoms with Gasteiger partial charge < -0.3 is 5.32 Å². The summed E-state index contributed by atoms with van der Waals surface area (Å²) in [7, 11) is 1.70. The molecule has 1 aromatic heterocycles. The van der Waals surface area contributed by atoms with Gasteiger partial charge in [-0.05, 0) is 19.3 Å². The summed E-state index contributed by atoms with van der Waals surface area (Å²) in [6, 6.07) is 1.55. The van der Waals surface area contributed by atoms with Crippen molar-refractivity contribution in [1.82, 2.24) is 14.9 Å². The van der Waals surface area contributed by atoms with Gasteiger partial charge in [0, 0.05) is 25.4 Å². The Hall–Kier alpha value is -1.30. The van der Waals surface area contributed by atoms with Crippen LogP contribution >= 0.6 is 11.8 Å². The summed E-state index contributed by atoms with van der Waals surface area (Å²) in [4.78, 5) is 28.6. The van der Waals surface area contributed by atoms with E-state index in [1.54, 1.807) is 13.1 Å². The van der Waals surface area contributed by atoms with Crippen molar-refractivity contribution in [1.29, 1.82) is 0 Å². The van der Waals surface area contributed by atoms with E-state index in [0.717, 1.165) is 25.0 Å². The van der Waals surface area contributed by atoms with Crippen LogP contribution in [0.25, 0.3) is 0 Å². The smallest absolute Gasteiger partial charge is 0.254 e. The highest BCUT2D eigenvalue weighted by molar-refractivity contribution is 8.00. The summed E-state index contributed by atoms with van der Waals surface area (Å²) in [5.41, 5.74) is 0.693. The van der Waals surface area contributed by atoms with Crippen LogP contribution in [-0.2, 0) is 18.3 Å². The Balaban J connectivity index is 2.95. The molecule has 0 saturated heterocycles. The monoisotopic (exact) mass is 311 g/mol. The maximum atomic E-state index is 12.2. The molecule has 0 aromatic carbocycles. The average Bonchev–Trinajstić information content (AvgIpc) is 2.48. The molecule has 1 atom stereocenters. The predicted molar refractivity (Wildman–Crippen MR) is 86.7 cm³/mol. The third kappa shape index (κ3) is 5.19. The summed E-state index contributed by atoms with van der Waals surface area (Å²) >= 11 is 1.38. The summed E-state index contributed by atoms with van der Waals surface area (Å²) in [6.07, 6.45) is 3.31. The zero-order valence-electron chi connectivity index (χ0n) is 13.3. The molecule has 118 valence electrons. The van der Waals surface area contributed by atoms with Crippen molar-refractivity contribution in [2.45, 2.75) is 56.9 Å². The maximum absolute atomic E-state index is 12.2. The topological polar surface area (TPSA) is 64.0 Å². The van der Waals surface area contributed by atoms with Gasteiger partial charge in [-0.1, -0.05) is 39.0 Å². The van der Waals surface area contributed by atoms with Crippen molar-refractivity contribution in [2.75, 3.05) is 6.54 Å². The molecule has 0 fully saturated rings. The first-order valence-electron chi connectivity index (χ1n) is 7.54. The number of carbonyl (C=O) groups excluding carboxylic acids is 1. The van der Waals surface area contributed by atoms with E-state index in [0.29, 0.717) is 18.1 Å². The van der Waals surface area contributed by atoms with Gasteiger partial charge in [0.2, 0.25) is 5.91 Å². The van der Waals surface area contributed by atoms with E-state index in [-0.39, 0.29) is 16.7 Å². The molecule has 0 aliphatic carbocycles. The van der Waals surface area contributed by atoms with Crippen LogP contribution in [0.2, 0.25) is 0 Å². The molecule has 1 unspecified atom stereocenters. The molecule has 0 aliphatic rings. The van der Waals surface area contributed by atoms with Crippen molar-refractivity contribution in [3.8, 4) is 0 Å². The van der Waals surface area contributed by atoms with Gasteiger partial charge in [-0.25, -0.2) is 4.98 Å². The van der Waals surface area contributed by atoms with Crippen LogP contribution in [0.4, 0.5) is 0 Å². The van der Waals surface area contributed by atoms with E-state index in [1.165, 1.54) is 16.3 Å². The van der Waals surface area contributed by atoms with E-state index in [2.05, 4.69) is 17.2 Å². The highest BCUT2D eigenvalue weighted by Gasteiger charge is 2.21. The molecule has 0 spiro atoms. The van der Waals surface area contributed by atoms with Crippen molar-refractivity contribution in [2.24, 2.45) is 7.05 Å². The van der Waals surface area contributed by atoms with Gasteiger partial charge in [0.1, 0.15) is 0 Å². The second-order valence-corrected chi connectivity index (χ2v) is 6.14. The summed E-state index contributed by atoms with van der Waals surface area (Å²) in [5.74, 6) is 0.0276. The van der Waals surface area contributed by atoms with Gasteiger partial charge in [-0.3, -0.25) is 14.2 Å². The third-order valence-corrected chi connectivity index (χ3v) is 4.46. The van der Waals surface area contributed by atoms with Crippen LogP contribution in [0.5, 0.6) is 0 Å². The minimum absolute atomic E-state index is 0.0276. The van der Waals surface area contributed by atoms with Gasteiger partial charge in [0.25, 0.3) is 5.56 Å². The molecule has 1 aromatic rings. The van der Waals surface area contributed by atoms with Crippen LogP contribution in [-0.4, -0.2) is 27.3 Å². The molecular formula is C15H25N3O2S. The maximum Gasteiger partial charge on any atom is 0.254 e. The fourth-order valence-electron chi connectivity index (χ4n) is 1.85. The number of rotatable bonds is 8. The molecule has 0 aliphatic heterocycles. The molecule has 1 N–H and O–H groups in total. The first-order valence-corrected chi connectivity index (χ1v) is 8.42. The van der Waals surface area contributed by atoms with Gasteiger partial charge in [-0.2, -0.15) is 0 Å². The fourth-order valence-corrected chi connectivity index (χ4v) is 3.06. The summed E-state index contributed by atoms with van der Waals surface area (Å²) in [5, 5.41) is 3.34. The van der Waals surface area contributed by atoms with Crippen molar-refractivity contribution >= 4 is 17.7 Å². The fraction of sp³-hybridized carbons (Fsp3) is 0.667. The van der Waals surface area contributed by atoms with Gasteiger partial charge in [-0.15, -0.1) is 0 Å². The lowest BCUT2D eigenvalue weighted by atomic mass is 10.2. The van der Waals surface area contributed by atoms with Crippen LogP contribution in [0.1, 0.15) is 45.7 Å². The number of aryl methyl sites for hydroxylation is 1. The molecule has 1 heterocycles. The Bertz CT molecular complexity index is 528. The normalized spacial score (nSPS) is 12.2. The zero-order chi connectivity index (χ0) is 15.8. The van der Waals surface area contributed by atoms with E-state index in [9.17, 15) is 9.59 Å². The average molecular weight is 311 g/mol. The first kappa shape index (κ1) is 17.8. The summed E-state index contributed by atoms with van der Waals surface area (Å²) < 4.78 is 1.51. The number of aromatic nitrogens is 2. The predicted octanol–water partition coefficient (Wildman–Crippen LogP) is 2.13. The number of thioether (sulfide) groups is 1. The highest BCUT2D eigenvalue weighted by atomic mass is 32.2. The van der Waals surface area contributed by atoms with Gasteiger partial charge in [0.05, 0.1) is 5.25 Å². The number of nitrogens with one attached hydrogen (secondary N) is 1. The van der Waals surface area contributed by atoms with Crippen molar-refractivity contribution in [3.05, 3.63) is 22.1 Å². The Labute approximate surface area is 130 Å². The Kier molecular flexibility index (Phi) is 7.50. The second-order valence-electron chi connectivity index (χ2n) is 4.97. The van der Waals surface area contributed by atoms with Gasteiger partial charge in [0.15, 0.2) is 5.16 Å². The van der Waals surface area contributed by atoms with Crippen LogP contribution < -0.4 is 10.9 Å². The van der Waals surface area contributed by atoms with Crippen LogP contribution in [0.15, 0.2) is 16.0 Å². The van der Waals surface area contributed by atoms with Crippen LogP contribution in [0.3, 0.4) is 0 Å². The Morgan fingerprint density at radius 3 is 2.67 bits per heavy atom. The number of hydrogen-bond donors (Lipinski definition) is 1. The highest BCUT2D eigenvalue weighted by Crippen LogP contribution is 2.24. The number of nitrogens with zero attached hydrogens (tertiary/aromatic N) is 2. The quantitative estimate of drug-likeness (QED) is 0.590. The molecule has 6 heteroatoms. The Morgan fingerprint density at radius 2 is 2.10 bits per heavy atom. The third-order valence-electron chi connectivity index (χ3n) is 3.15. The molecular weight excluding hydrogens is 286 g/mol. The van der Waals surface area contributed by atoms with Crippen molar-refractivity contribution < 1.29 is 4.79 Å². The molecule has 5 nitrogen and oxygen atoms in total. The molecule has 0 saturated carbocycles. The summed E-state index contributed by atoms with van der Waals surface area (Å²) in [6.45, 7) is 6.72. The van der Waals surface area contributed by atoms with E-state index in [1.807, 2.05) is 13.8 Å². The van der Waals surface area contributed by atoms with Crippen molar-refractivity contribution in [3.63, 3.8) is 0 Å². The minimum atomic E-state index is -0.202. The second kappa shape index (κ2) is 8.87. The number of carbonyl (C=O) groups is 1. The number of amides is 1. The van der Waals surface area contributed by atoms with E-state index in [4.69, 9.17) is 0 Å². The molecule has 0 bridgehead atoms. The van der Waals surface area contributed by atoms with E-state index >= 15 is 0 Å². The largest absolute Gasteiger partial charge is 0.355 e. The van der Waals surface area contributed by atoms with Gasteiger partial charge >= 0.3 is 0 Å². The molecule has 0 radical (unpaired) electrons. The lowest BCUT2D eigenvalue weighted by Gasteiger charge is -2.16. The van der Waals surface area contributed by atoms with Crippen LogP contribution in [0, 0.1) is 0 Å². The minimum Gasteiger partial charge on any atom is -0.355 e. The molecule has 21 heavy (non-hydrogen) atoms. The van der Waals surface area contributed by atoms with E-state index < -0.39 is 0 Å². The lowest BCUT2D eigenvalue weighted by Crippen LogP contribution is -2.34. The standard InChI is InChI=1S/C15H25N3O2S/c1-5-8-12(14(20)16-9-6-2)21-15-17-11(7-3)10-13(19)18(15)4/h10,12H,5-9H2,1-4H3,(H,16,20).